The lowest BCUT2D eigenvalue weighted by atomic mass is 10.2. The maximum absolute atomic E-state index is 8.77. The fourth-order valence-corrected chi connectivity index (χ4v) is 1.86. The molecule has 0 unspecified atom stereocenters. The average molecular weight is 288 g/mol. The van der Waals surface area contributed by atoms with Crippen molar-refractivity contribution < 1.29 is 0 Å². The number of benzene rings is 1. The molecule has 0 bridgehead atoms. The highest BCUT2D eigenvalue weighted by molar-refractivity contribution is 9.10. The lowest BCUT2D eigenvalue weighted by Crippen LogP contribution is -1.93. The Labute approximate surface area is 108 Å². The predicted molar refractivity (Wildman–Crippen MR) is 71.1 cm³/mol. The van der Waals surface area contributed by atoms with E-state index in [1.807, 2.05) is 25.1 Å². The summed E-state index contributed by atoms with van der Waals surface area (Å²) in [4.78, 5) is 4.21. The van der Waals surface area contributed by atoms with Crippen LogP contribution in [0.2, 0.25) is 0 Å². The first-order valence-corrected chi connectivity index (χ1v) is 5.87. The van der Waals surface area contributed by atoms with Gasteiger partial charge < -0.3 is 5.32 Å². The largest absolute Gasteiger partial charge is 0.353 e. The Kier molecular flexibility index (Phi) is 3.40. The topological polar surface area (TPSA) is 48.7 Å². The summed E-state index contributed by atoms with van der Waals surface area (Å²) in [6.45, 7) is 1.95. The van der Waals surface area contributed by atoms with Crippen molar-refractivity contribution in [2.45, 2.75) is 6.92 Å². The van der Waals surface area contributed by atoms with Gasteiger partial charge in [-0.15, -0.1) is 0 Å². The lowest BCUT2D eigenvalue weighted by Gasteiger charge is -2.08. The van der Waals surface area contributed by atoms with Crippen LogP contribution in [0.1, 0.15) is 11.3 Å². The van der Waals surface area contributed by atoms with Gasteiger partial charge in [-0.3, -0.25) is 4.98 Å². The molecule has 0 fully saturated rings. The molecule has 1 heterocycles. The molecule has 0 amide bonds. The Morgan fingerprint density at radius 1 is 1.29 bits per heavy atom. The maximum Gasteiger partial charge on any atom is 0.0992 e. The van der Waals surface area contributed by atoms with Crippen LogP contribution in [0.5, 0.6) is 0 Å². The van der Waals surface area contributed by atoms with Gasteiger partial charge in [0.25, 0.3) is 0 Å². The molecule has 4 heteroatoms. The summed E-state index contributed by atoms with van der Waals surface area (Å²) in [5, 5.41) is 12.0. The monoisotopic (exact) mass is 287 g/mol. The molecule has 0 saturated carbocycles. The van der Waals surface area contributed by atoms with Crippen molar-refractivity contribution in [3.63, 3.8) is 0 Å². The molecule has 0 aliphatic heterocycles. The van der Waals surface area contributed by atoms with Crippen LogP contribution in [-0.2, 0) is 0 Å². The fourth-order valence-electron chi connectivity index (χ4n) is 1.38. The number of anilines is 2. The number of aromatic nitrogens is 1. The van der Waals surface area contributed by atoms with E-state index in [2.05, 4.69) is 32.3 Å². The van der Waals surface area contributed by atoms with Gasteiger partial charge in [-0.05, 0) is 53.2 Å². The molecule has 84 valence electrons. The Morgan fingerprint density at radius 2 is 2.12 bits per heavy atom. The van der Waals surface area contributed by atoms with Crippen molar-refractivity contribution in [3.8, 4) is 6.07 Å². The van der Waals surface area contributed by atoms with Gasteiger partial charge in [0.1, 0.15) is 0 Å². The third-order valence-corrected chi connectivity index (χ3v) is 2.94. The summed E-state index contributed by atoms with van der Waals surface area (Å²) in [7, 11) is 0. The number of rotatable bonds is 2. The molecule has 0 atom stereocenters. The molecule has 3 nitrogen and oxygen atoms in total. The quantitative estimate of drug-likeness (QED) is 0.915. The number of hydrogen-bond donors (Lipinski definition) is 1. The van der Waals surface area contributed by atoms with Gasteiger partial charge in [-0.25, -0.2) is 0 Å². The van der Waals surface area contributed by atoms with Crippen molar-refractivity contribution in [3.05, 3.63) is 52.3 Å². The molecule has 1 N–H and O–H groups in total. The van der Waals surface area contributed by atoms with Gasteiger partial charge in [-0.1, -0.05) is 0 Å². The zero-order valence-corrected chi connectivity index (χ0v) is 10.8. The highest BCUT2D eigenvalue weighted by atomic mass is 79.9. The number of nitrogens with zero attached hydrogens (tertiary/aromatic N) is 2. The van der Waals surface area contributed by atoms with Crippen LogP contribution in [0.3, 0.4) is 0 Å². The highest BCUT2D eigenvalue weighted by Crippen LogP contribution is 2.26. The van der Waals surface area contributed by atoms with Crippen LogP contribution >= 0.6 is 15.9 Å². The molecular weight excluding hydrogens is 278 g/mol. The zero-order valence-electron chi connectivity index (χ0n) is 9.24. The van der Waals surface area contributed by atoms with Gasteiger partial charge in [0.2, 0.25) is 0 Å². The minimum absolute atomic E-state index is 0.629. The molecule has 17 heavy (non-hydrogen) atoms. The summed E-state index contributed by atoms with van der Waals surface area (Å²) in [5.41, 5.74) is 3.44. The van der Waals surface area contributed by atoms with E-state index < -0.39 is 0 Å². The second-order valence-corrected chi connectivity index (χ2v) is 4.47. The van der Waals surface area contributed by atoms with Crippen LogP contribution in [0.15, 0.2) is 41.0 Å². The Bertz CT molecular complexity index is 570. The first-order chi connectivity index (χ1) is 8.19. The lowest BCUT2D eigenvalue weighted by molar-refractivity contribution is 1.20. The van der Waals surface area contributed by atoms with Gasteiger partial charge >= 0.3 is 0 Å². The van der Waals surface area contributed by atoms with E-state index in [4.69, 9.17) is 5.26 Å². The normalized spacial score (nSPS) is 9.71. The molecule has 0 aliphatic carbocycles. The SMILES string of the molecule is Cc1ccc(Nc2ccc(C#N)cc2Br)cn1. The Balaban J connectivity index is 2.25. The standard InChI is InChI=1S/C13H10BrN3/c1-9-2-4-11(8-16-9)17-13-5-3-10(7-15)6-12(13)14/h2-6,8,17H,1H3. The van der Waals surface area contributed by atoms with E-state index in [0.29, 0.717) is 5.56 Å². The summed E-state index contributed by atoms with van der Waals surface area (Å²) in [6.07, 6.45) is 1.78. The van der Waals surface area contributed by atoms with Gasteiger partial charge in [0.15, 0.2) is 0 Å². The smallest absolute Gasteiger partial charge is 0.0992 e. The zero-order chi connectivity index (χ0) is 12.3. The summed E-state index contributed by atoms with van der Waals surface area (Å²) < 4.78 is 0.858. The maximum atomic E-state index is 8.77. The first kappa shape index (κ1) is 11.6. The number of hydrogen-bond acceptors (Lipinski definition) is 3. The fraction of sp³-hybridized carbons (Fsp3) is 0.0769. The molecule has 2 rings (SSSR count). The van der Waals surface area contributed by atoms with E-state index in [-0.39, 0.29) is 0 Å². The second kappa shape index (κ2) is 4.98. The summed E-state index contributed by atoms with van der Waals surface area (Å²) in [6, 6.07) is 11.4. The number of nitrogens with one attached hydrogen (secondary N) is 1. The molecule has 0 saturated heterocycles. The molecule has 0 aliphatic rings. The first-order valence-electron chi connectivity index (χ1n) is 5.08. The van der Waals surface area contributed by atoms with Gasteiger partial charge in [0.05, 0.1) is 29.2 Å². The van der Waals surface area contributed by atoms with Crippen LogP contribution in [-0.4, -0.2) is 4.98 Å². The molecular formula is C13H10BrN3. The molecule has 1 aromatic heterocycles. The van der Waals surface area contributed by atoms with Crippen LogP contribution in [0.4, 0.5) is 11.4 Å². The van der Waals surface area contributed by atoms with Crippen LogP contribution < -0.4 is 5.32 Å². The van der Waals surface area contributed by atoms with Crippen LogP contribution in [0, 0.1) is 18.3 Å². The number of nitriles is 1. The van der Waals surface area contributed by atoms with Crippen LogP contribution in [0.25, 0.3) is 0 Å². The van der Waals surface area contributed by atoms with Gasteiger partial charge in [-0.2, -0.15) is 5.26 Å². The van der Waals surface area contributed by atoms with Crippen molar-refractivity contribution in [1.29, 1.82) is 5.26 Å². The third kappa shape index (κ3) is 2.83. The number of halogens is 1. The van der Waals surface area contributed by atoms with E-state index in [1.165, 1.54) is 0 Å². The minimum Gasteiger partial charge on any atom is -0.353 e. The van der Waals surface area contributed by atoms with Gasteiger partial charge in [0, 0.05) is 10.2 Å². The van der Waals surface area contributed by atoms with E-state index >= 15 is 0 Å². The van der Waals surface area contributed by atoms with Crippen molar-refractivity contribution in [1.82, 2.24) is 4.98 Å². The van der Waals surface area contributed by atoms with Crippen molar-refractivity contribution in [2.24, 2.45) is 0 Å². The average Bonchev–Trinajstić information content (AvgIpc) is 2.34. The van der Waals surface area contributed by atoms with Crippen molar-refractivity contribution >= 4 is 27.3 Å². The molecule has 2 aromatic rings. The Morgan fingerprint density at radius 3 is 2.71 bits per heavy atom. The third-order valence-electron chi connectivity index (χ3n) is 2.29. The van der Waals surface area contributed by atoms with E-state index in [1.54, 1.807) is 18.3 Å². The molecule has 0 radical (unpaired) electrons. The van der Waals surface area contributed by atoms with E-state index in [0.717, 1.165) is 21.5 Å². The highest BCUT2D eigenvalue weighted by Gasteiger charge is 2.02. The molecule has 0 spiro atoms. The number of aryl methyl sites for hydroxylation is 1. The number of pyridine rings is 1. The second-order valence-electron chi connectivity index (χ2n) is 3.62. The van der Waals surface area contributed by atoms with E-state index in [9.17, 15) is 0 Å². The predicted octanol–water partition coefficient (Wildman–Crippen LogP) is 3.77. The Hall–Kier alpha value is -1.86. The molecule has 1 aromatic carbocycles. The summed E-state index contributed by atoms with van der Waals surface area (Å²) in [5.74, 6) is 0. The summed E-state index contributed by atoms with van der Waals surface area (Å²) >= 11 is 3.43. The minimum atomic E-state index is 0.629. The van der Waals surface area contributed by atoms with Crippen molar-refractivity contribution in [2.75, 3.05) is 5.32 Å².